The van der Waals surface area contributed by atoms with Gasteiger partial charge in [-0.2, -0.15) is 0 Å². The maximum atomic E-state index is 8.88. The summed E-state index contributed by atoms with van der Waals surface area (Å²) >= 11 is 0. The second-order valence-corrected chi connectivity index (χ2v) is 10.5. The van der Waals surface area contributed by atoms with E-state index in [0.29, 0.717) is 0 Å². The lowest BCUT2D eigenvalue weighted by atomic mass is 10.4. The molecule has 3 N–H and O–H groups in total. The Balaban J connectivity index is 0.000000431. The molecule has 4 nitrogen and oxygen atoms in total. The molecule has 0 fully saturated rings. The first-order valence-electron chi connectivity index (χ1n) is 8.21. The molecule has 6 heteroatoms. The standard InChI is InChI=1S/C20H20P.H3O4P/c1-2-21(18-12-6-3-7-13-18,19-14-8-4-9-15-19)20-16-10-5-11-17-20;1-5(2,3)4/h3-17H,2H2,1H3;(H3,1,2,3,4)/q+1;. The van der Waals surface area contributed by atoms with Crippen molar-refractivity contribution in [1.29, 1.82) is 0 Å². The van der Waals surface area contributed by atoms with Crippen LogP contribution in [0.4, 0.5) is 0 Å². The topological polar surface area (TPSA) is 77.8 Å². The highest BCUT2D eigenvalue weighted by molar-refractivity contribution is 7.95. The van der Waals surface area contributed by atoms with Gasteiger partial charge >= 0.3 is 7.82 Å². The SMILES string of the molecule is CC[P+](c1ccccc1)(c1ccccc1)c1ccccc1.O=P(O)(O)O. The average Bonchev–Trinajstić information content (AvgIpc) is 2.64. The molecular formula is C20H23O4P2+. The summed E-state index contributed by atoms with van der Waals surface area (Å²) in [6, 6.07) is 33.0. The molecule has 0 amide bonds. The largest absolute Gasteiger partial charge is 0.466 e. The second-order valence-electron chi connectivity index (χ2n) is 5.65. The third-order valence-electron chi connectivity index (χ3n) is 4.07. The Hall–Kier alpha value is -1.80. The molecule has 0 aliphatic carbocycles. The van der Waals surface area contributed by atoms with E-state index in [0.717, 1.165) is 6.16 Å². The minimum absolute atomic E-state index is 1.14. The third kappa shape index (κ3) is 5.35. The number of hydrogen-bond acceptors (Lipinski definition) is 1. The van der Waals surface area contributed by atoms with E-state index < -0.39 is 15.1 Å². The number of rotatable bonds is 4. The maximum absolute atomic E-state index is 8.88. The minimum Gasteiger partial charge on any atom is -0.303 e. The average molecular weight is 389 g/mol. The van der Waals surface area contributed by atoms with Crippen molar-refractivity contribution in [3.8, 4) is 0 Å². The van der Waals surface area contributed by atoms with Gasteiger partial charge in [-0.3, -0.25) is 0 Å². The smallest absolute Gasteiger partial charge is 0.303 e. The van der Waals surface area contributed by atoms with Crippen molar-refractivity contribution >= 4 is 31.0 Å². The van der Waals surface area contributed by atoms with Gasteiger partial charge in [-0.15, -0.1) is 0 Å². The van der Waals surface area contributed by atoms with Crippen LogP contribution >= 0.6 is 15.1 Å². The Labute approximate surface area is 154 Å². The first-order valence-corrected chi connectivity index (χ1v) is 11.7. The van der Waals surface area contributed by atoms with E-state index in [-0.39, 0.29) is 0 Å². The summed E-state index contributed by atoms with van der Waals surface area (Å²) in [5.41, 5.74) is 0. The van der Waals surface area contributed by atoms with Gasteiger partial charge in [0.15, 0.2) is 0 Å². The molecule has 0 saturated heterocycles. The van der Waals surface area contributed by atoms with Crippen LogP contribution in [0, 0.1) is 0 Å². The van der Waals surface area contributed by atoms with Crippen LogP contribution in [-0.2, 0) is 4.57 Å². The van der Waals surface area contributed by atoms with Crippen LogP contribution < -0.4 is 15.9 Å². The Morgan fingerprint density at radius 2 is 0.885 bits per heavy atom. The third-order valence-corrected chi connectivity index (χ3v) is 8.55. The van der Waals surface area contributed by atoms with Gasteiger partial charge in [0.2, 0.25) is 0 Å². The molecule has 0 heterocycles. The summed E-state index contributed by atoms with van der Waals surface area (Å²) in [6.45, 7) is 2.32. The van der Waals surface area contributed by atoms with E-state index >= 15 is 0 Å². The van der Waals surface area contributed by atoms with Crippen LogP contribution in [0.15, 0.2) is 91.0 Å². The Bertz CT molecular complexity index is 729. The lowest BCUT2D eigenvalue weighted by Gasteiger charge is -2.26. The van der Waals surface area contributed by atoms with Crippen LogP contribution in [0.5, 0.6) is 0 Å². The molecule has 3 rings (SSSR count). The van der Waals surface area contributed by atoms with Crippen molar-refractivity contribution in [3.05, 3.63) is 91.0 Å². The van der Waals surface area contributed by atoms with E-state index in [2.05, 4.69) is 97.9 Å². The summed E-state index contributed by atoms with van der Waals surface area (Å²) in [4.78, 5) is 21.6. The molecule has 26 heavy (non-hydrogen) atoms. The van der Waals surface area contributed by atoms with Gasteiger partial charge in [0.1, 0.15) is 23.2 Å². The molecule has 0 bridgehead atoms. The van der Waals surface area contributed by atoms with Gasteiger partial charge in [-0.25, -0.2) is 4.57 Å². The predicted molar refractivity (Wildman–Crippen MR) is 110 cm³/mol. The molecule has 0 spiro atoms. The Morgan fingerprint density at radius 1 is 0.654 bits per heavy atom. The Kier molecular flexibility index (Phi) is 7.28. The first-order chi connectivity index (χ1) is 12.4. The molecular weight excluding hydrogens is 366 g/mol. The molecule has 0 atom stereocenters. The fourth-order valence-corrected chi connectivity index (χ4v) is 7.08. The van der Waals surface area contributed by atoms with E-state index in [1.54, 1.807) is 0 Å². The van der Waals surface area contributed by atoms with Crippen molar-refractivity contribution < 1.29 is 19.2 Å². The zero-order valence-corrected chi connectivity index (χ0v) is 16.3. The van der Waals surface area contributed by atoms with Crippen LogP contribution in [-0.4, -0.2) is 20.8 Å². The van der Waals surface area contributed by atoms with Crippen molar-refractivity contribution in [3.63, 3.8) is 0 Å². The molecule has 0 saturated carbocycles. The highest BCUT2D eigenvalue weighted by atomic mass is 31.2. The van der Waals surface area contributed by atoms with Crippen molar-refractivity contribution in [2.75, 3.05) is 6.16 Å². The summed E-state index contributed by atoms with van der Waals surface area (Å²) in [5, 5.41) is 4.39. The van der Waals surface area contributed by atoms with Gasteiger partial charge in [0, 0.05) is 0 Å². The molecule has 136 valence electrons. The van der Waals surface area contributed by atoms with Gasteiger partial charge in [-0.05, 0) is 43.3 Å². The van der Waals surface area contributed by atoms with Crippen molar-refractivity contribution in [2.45, 2.75) is 6.92 Å². The summed E-state index contributed by atoms with van der Waals surface area (Å²) < 4.78 is 8.88. The lowest BCUT2D eigenvalue weighted by molar-refractivity contribution is 0.275. The highest BCUT2D eigenvalue weighted by Crippen LogP contribution is 2.54. The second kappa shape index (κ2) is 9.23. The van der Waals surface area contributed by atoms with Crippen LogP contribution in [0.2, 0.25) is 0 Å². The number of hydrogen-bond donors (Lipinski definition) is 3. The zero-order chi connectivity index (χ0) is 19.0. The summed E-state index contributed by atoms with van der Waals surface area (Å²) in [5.74, 6) is 0. The van der Waals surface area contributed by atoms with E-state index in [9.17, 15) is 0 Å². The monoisotopic (exact) mass is 389 g/mol. The van der Waals surface area contributed by atoms with E-state index in [1.807, 2.05) is 0 Å². The normalized spacial score (nSPS) is 11.4. The maximum Gasteiger partial charge on any atom is 0.466 e. The van der Waals surface area contributed by atoms with Crippen LogP contribution in [0.3, 0.4) is 0 Å². The molecule has 0 aromatic heterocycles. The molecule has 0 aliphatic heterocycles. The number of benzene rings is 3. The molecule has 3 aromatic rings. The lowest BCUT2D eigenvalue weighted by Crippen LogP contribution is -2.32. The summed E-state index contributed by atoms with van der Waals surface area (Å²) in [7, 11) is -6.17. The molecule has 0 unspecified atom stereocenters. The fourth-order valence-electron chi connectivity index (χ4n) is 3.04. The zero-order valence-electron chi connectivity index (χ0n) is 14.5. The number of phosphoric acid groups is 1. The fraction of sp³-hybridized carbons (Fsp3) is 0.100. The van der Waals surface area contributed by atoms with Gasteiger partial charge < -0.3 is 14.7 Å². The highest BCUT2D eigenvalue weighted by Gasteiger charge is 2.43. The molecule has 0 aliphatic rings. The molecule has 0 radical (unpaired) electrons. The van der Waals surface area contributed by atoms with Crippen molar-refractivity contribution in [2.24, 2.45) is 0 Å². The van der Waals surface area contributed by atoms with Crippen LogP contribution in [0.1, 0.15) is 6.92 Å². The Morgan fingerprint density at radius 3 is 1.08 bits per heavy atom. The minimum atomic E-state index is -4.64. The predicted octanol–water partition coefficient (Wildman–Crippen LogP) is 3.07. The summed E-state index contributed by atoms with van der Waals surface area (Å²) in [6.07, 6.45) is 1.14. The van der Waals surface area contributed by atoms with Gasteiger partial charge in [-0.1, -0.05) is 54.6 Å². The van der Waals surface area contributed by atoms with Crippen molar-refractivity contribution in [1.82, 2.24) is 0 Å². The van der Waals surface area contributed by atoms with Gasteiger partial charge in [0.05, 0.1) is 6.16 Å². The van der Waals surface area contributed by atoms with E-state index in [4.69, 9.17) is 19.2 Å². The first kappa shape index (κ1) is 20.5. The van der Waals surface area contributed by atoms with Crippen LogP contribution in [0.25, 0.3) is 0 Å². The van der Waals surface area contributed by atoms with E-state index in [1.165, 1.54) is 15.9 Å². The molecule has 3 aromatic carbocycles. The van der Waals surface area contributed by atoms with Gasteiger partial charge in [0.25, 0.3) is 0 Å². The quantitative estimate of drug-likeness (QED) is 0.600.